The summed E-state index contributed by atoms with van der Waals surface area (Å²) < 4.78 is 10.0. The molecule has 0 aromatic rings. The van der Waals surface area contributed by atoms with Gasteiger partial charge in [-0.05, 0) is 25.4 Å². The van der Waals surface area contributed by atoms with Gasteiger partial charge in [-0.1, -0.05) is 27.2 Å². The Labute approximate surface area is 61.9 Å². The van der Waals surface area contributed by atoms with Crippen molar-refractivity contribution in [1.29, 1.82) is 0 Å². The molecule has 1 N–H and O–H groups in total. The monoisotopic (exact) mass is 133 g/mol. The lowest BCUT2D eigenvalue weighted by atomic mass is 10.2. The van der Waals surface area contributed by atoms with Crippen molar-refractivity contribution in [2.45, 2.75) is 33.6 Å². The molecule has 0 rings (SSSR count). The molecule has 9 heavy (non-hydrogen) atoms. The maximum absolute atomic E-state index is 5.00. The molecule has 0 aromatic heterocycles. The van der Waals surface area contributed by atoms with Crippen LogP contribution >= 0.6 is 0 Å². The van der Waals surface area contributed by atoms with Gasteiger partial charge in [-0.25, -0.2) is 0 Å². The molecule has 0 heterocycles. The van der Waals surface area contributed by atoms with Gasteiger partial charge in [-0.15, -0.1) is 0 Å². The number of unbranched alkanes of at least 4 members (excludes halogenated alkanes) is 1. The first-order valence-electron chi connectivity index (χ1n) is 4.98. The second-order valence-electron chi connectivity index (χ2n) is 2.95. The molecule has 0 aliphatic carbocycles. The summed E-state index contributed by atoms with van der Waals surface area (Å²) in [6.07, 6.45) is 2.61. The molecule has 0 bridgehead atoms. The first-order chi connectivity index (χ1) is 5.27. The fourth-order valence-electron chi connectivity index (χ4n) is 0.693. The van der Waals surface area contributed by atoms with E-state index in [1.54, 1.807) is 0 Å². The highest BCUT2D eigenvalue weighted by molar-refractivity contribution is 4.49. The SMILES string of the molecule is CCCCNCC(C)C.[2H][2H]. The topological polar surface area (TPSA) is 12.0 Å². The lowest BCUT2D eigenvalue weighted by molar-refractivity contribution is 0.540. The molecule has 0 aliphatic rings. The van der Waals surface area contributed by atoms with Crippen LogP contribution in [0.1, 0.15) is 36.6 Å². The summed E-state index contributed by atoms with van der Waals surface area (Å²) in [6.45, 7) is 9.05. The van der Waals surface area contributed by atoms with E-state index >= 15 is 0 Å². The van der Waals surface area contributed by atoms with Crippen LogP contribution < -0.4 is 5.32 Å². The number of hydrogen-bond acceptors (Lipinski definition) is 1. The summed E-state index contributed by atoms with van der Waals surface area (Å²) in [5.41, 5.74) is 0. The smallest absolute Gasteiger partial charge is 0 e. The summed E-state index contributed by atoms with van der Waals surface area (Å²) in [5.74, 6) is 0.793. The van der Waals surface area contributed by atoms with Crippen molar-refractivity contribution in [1.82, 2.24) is 5.32 Å². The quantitative estimate of drug-likeness (QED) is 0.567. The predicted molar refractivity (Wildman–Crippen MR) is 44.7 cm³/mol. The predicted octanol–water partition coefficient (Wildman–Crippen LogP) is 2.28. The van der Waals surface area contributed by atoms with E-state index in [2.05, 4.69) is 26.1 Å². The second kappa shape index (κ2) is 6.09. The van der Waals surface area contributed by atoms with Crippen LogP contribution in [0.15, 0.2) is 0 Å². The van der Waals surface area contributed by atoms with E-state index in [-0.39, 0.29) is 0 Å². The summed E-state index contributed by atoms with van der Waals surface area (Å²) in [7, 11) is 0. The summed E-state index contributed by atoms with van der Waals surface area (Å²) in [4.78, 5) is 0. The van der Waals surface area contributed by atoms with Gasteiger partial charge >= 0.3 is 0 Å². The van der Waals surface area contributed by atoms with Gasteiger partial charge in [-0.3, -0.25) is 0 Å². The minimum Gasteiger partial charge on any atom is -0.316 e. The lowest BCUT2D eigenvalue weighted by Gasteiger charge is -2.05. The first kappa shape index (κ1) is 7.07. The zero-order valence-corrected chi connectivity index (χ0v) is 6.91. The van der Waals surface area contributed by atoms with Crippen LogP contribution in [0.5, 0.6) is 0 Å². The highest BCUT2D eigenvalue weighted by Gasteiger charge is 1.89. The van der Waals surface area contributed by atoms with Crippen LogP contribution in [-0.4, -0.2) is 13.1 Å². The van der Waals surface area contributed by atoms with Gasteiger partial charge in [0.2, 0.25) is 0 Å². The van der Waals surface area contributed by atoms with Gasteiger partial charge < -0.3 is 5.32 Å². The lowest BCUT2D eigenvalue weighted by Crippen LogP contribution is -2.20. The van der Waals surface area contributed by atoms with Gasteiger partial charge in [0, 0.05) is 2.97 Å². The zero-order chi connectivity index (χ0) is 9.11. The first-order valence-corrected chi connectivity index (χ1v) is 3.98. The molecule has 0 amide bonds. The van der Waals surface area contributed by atoms with E-state index in [1.807, 2.05) is 0 Å². The molecule has 0 atom stereocenters. The Hall–Kier alpha value is -0.0400. The maximum Gasteiger partial charge on any atom is 0 e. The van der Waals surface area contributed by atoms with Crippen LogP contribution in [0, 0.1) is 5.92 Å². The van der Waals surface area contributed by atoms with Gasteiger partial charge in [0.15, 0.2) is 0 Å². The van der Waals surface area contributed by atoms with E-state index in [0.29, 0.717) is 0 Å². The molecule has 1 heteroatoms. The van der Waals surface area contributed by atoms with Crippen LogP contribution in [0.2, 0.25) is 0 Å². The molecule has 0 unspecified atom stereocenters. The molecule has 0 saturated carbocycles. The fraction of sp³-hybridized carbons (Fsp3) is 1.00. The Balaban J connectivity index is 0. The van der Waals surface area contributed by atoms with Gasteiger partial charge in [0.25, 0.3) is 0 Å². The molecule has 1 nitrogen and oxygen atoms in total. The minimum atomic E-state index is 0.793. The molecule has 0 aliphatic heterocycles. The van der Waals surface area contributed by atoms with Crippen molar-refractivity contribution in [2.75, 3.05) is 13.1 Å². The molecule has 0 radical (unpaired) electrons. The Morgan fingerprint density at radius 2 is 2.22 bits per heavy atom. The molecular weight excluding hydrogens is 110 g/mol. The van der Waals surface area contributed by atoms with Crippen molar-refractivity contribution in [3.8, 4) is 0 Å². The van der Waals surface area contributed by atoms with Crippen LogP contribution in [0.4, 0.5) is 0 Å². The molecule has 0 saturated heterocycles. The Morgan fingerprint density at radius 3 is 2.67 bits per heavy atom. The van der Waals surface area contributed by atoms with Crippen molar-refractivity contribution in [3.63, 3.8) is 0 Å². The summed E-state index contributed by atoms with van der Waals surface area (Å²) in [6, 6.07) is 0. The average molecular weight is 133 g/mol. The average Bonchev–Trinajstić information content (AvgIpc) is 2.02. The van der Waals surface area contributed by atoms with E-state index in [9.17, 15) is 0 Å². The minimum absolute atomic E-state index is 0.793. The van der Waals surface area contributed by atoms with Gasteiger partial charge in [0.05, 0.1) is 0 Å². The normalized spacial score (nSPS) is 11.6. The summed E-state index contributed by atoms with van der Waals surface area (Å²) >= 11 is 0. The van der Waals surface area contributed by atoms with E-state index < -0.39 is 0 Å². The maximum atomic E-state index is 5.00. The molecule has 58 valence electrons. The number of rotatable bonds is 5. The third-order valence-electron chi connectivity index (χ3n) is 1.26. The second-order valence-corrected chi connectivity index (χ2v) is 2.95. The van der Waals surface area contributed by atoms with Crippen LogP contribution in [0.3, 0.4) is 0 Å². The highest BCUT2D eigenvalue weighted by atomic mass is 14.8. The Kier molecular flexibility index (Phi) is 4.78. The van der Waals surface area contributed by atoms with Crippen molar-refractivity contribution >= 4 is 0 Å². The van der Waals surface area contributed by atoms with E-state index in [1.165, 1.54) is 25.9 Å². The zero-order valence-electron chi connectivity index (χ0n) is 8.91. The molecule has 0 spiro atoms. The Bertz CT molecular complexity index is 58.1. The standard InChI is InChI=1S/C8H19N.H2/c1-4-5-6-9-7-8(2)3;/h8-9H,4-7H2,1-3H3;1H/i;1+1D. The van der Waals surface area contributed by atoms with Crippen LogP contribution in [-0.2, 0) is 0 Å². The highest BCUT2D eigenvalue weighted by Crippen LogP contribution is 1.88. The molecule has 0 aromatic carbocycles. The third kappa shape index (κ3) is 7.96. The van der Waals surface area contributed by atoms with Crippen LogP contribution in [0.25, 0.3) is 0 Å². The van der Waals surface area contributed by atoms with Crippen molar-refractivity contribution in [3.05, 3.63) is 0 Å². The number of nitrogens with one attached hydrogen (secondary N) is 1. The summed E-state index contributed by atoms with van der Waals surface area (Å²) in [5, 5.41) is 3.39. The number of hydrogen-bond donors (Lipinski definition) is 1. The van der Waals surface area contributed by atoms with Gasteiger partial charge in [-0.2, -0.15) is 0 Å². The van der Waals surface area contributed by atoms with Gasteiger partial charge in [0.1, 0.15) is 0 Å². The fourth-order valence-corrected chi connectivity index (χ4v) is 0.693. The molecule has 0 fully saturated rings. The van der Waals surface area contributed by atoms with E-state index in [0.717, 1.165) is 5.92 Å². The Morgan fingerprint density at radius 1 is 1.56 bits per heavy atom. The van der Waals surface area contributed by atoms with Crippen molar-refractivity contribution < 1.29 is 2.97 Å². The third-order valence-corrected chi connectivity index (χ3v) is 1.26. The van der Waals surface area contributed by atoms with E-state index in [4.69, 9.17) is 2.97 Å². The molecular formula is C8H21N. The largest absolute Gasteiger partial charge is 0.316 e. The van der Waals surface area contributed by atoms with Crippen molar-refractivity contribution in [2.24, 2.45) is 5.92 Å².